The molecule has 0 unspecified atom stereocenters. The van der Waals surface area contributed by atoms with Crippen LogP contribution in [-0.4, -0.2) is 20.4 Å². The number of halogens is 2. The predicted octanol–water partition coefficient (Wildman–Crippen LogP) is 5.08. The second-order valence-electron chi connectivity index (χ2n) is 7.20. The van der Waals surface area contributed by atoms with Gasteiger partial charge in [-0.25, -0.2) is 13.1 Å². The van der Waals surface area contributed by atoms with Crippen molar-refractivity contribution in [2.75, 3.05) is 5.32 Å². The largest absolute Gasteiger partial charge is 0.322 e. The van der Waals surface area contributed by atoms with E-state index in [0.29, 0.717) is 5.69 Å². The fraction of sp³-hybridized carbons (Fsp3) is 0.350. The van der Waals surface area contributed by atoms with Gasteiger partial charge in [-0.05, 0) is 62.1 Å². The van der Waals surface area contributed by atoms with Crippen molar-refractivity contribution in [1.29, 1.82) is 0 Å². The highest BCUT2D eigenvalue weighted by atomic mass is 35.5. The quantitative estimate of drug-likeness (QED) is 0.679. The van der Waals surface area contributed by atoms with Crippen molar-refractivity contribution in [1.82, 2.24) is 4.72 Å². The van der Waals surface area contributed by atoms with Crippen molar-refractivity contribution in [3.63, 3.8) is 0 Å². The summed E-state index contributed by atoms with van der Waals surface area (Å²) in [6.45, 7) is 3.86. The molecule has 0 spiro atoms. The van der Waals surface area contributed by atoms with Crippen LogP contribution in [0.5, 0.6) is 0 Å². The molecule has 1 fully saturated rings. The summed E-state index contributed by atoms with van der Waals surface area (Å²) in [4.78, 5) is 12.6. The molecule has 28 heavy (non-hydrogen) atoms. The minimum Gasteiger partial charge on any atom is -0.322 e. The van der Waals surface area contributed by atoms with Gasteiger partial charge in [0.05, 0.1) is 15.6 Å². The van der Waals surface area contributed by atoms with Gasteiger partial charge < -0.3 is 5.32 Å². The summed E-state index contributed by atoms with van der Waals surface area (Å²) in [6, 6.07) is 8.07. The molecule has 0 bridgehead atoms. The number of aryl methyl sites for hydroxylation is 2. The van der Waals surface area contributed by atoms with Crippen LogP contribution in [0.1, 0.15) is 47.2 Å². The third-order valence-corrected chi connectivity index (χ3v) is 7.01. The van der Waals surface area contributed by atoms with Gasteiger partial charge in [0.1, 0.15) is 4.90 Å². The van der Waals surface area contributed by atoms with E-state index in [2.05, 4.69) is 10.0 Å². The number of carbonyl (C=O) groups is 1. The summed E-state index contributed by atoms with van der Waals surface area (Å²) in [7, 11) is -3.85. The van der Waals surface area contributed by atoms with E-state index in [9.17, 15) is 13.2 Å². The molecule has 0 radical (unpaired) electrons. The van der Waals surface area contributed by atoms with Crippen LogP contribution in [0.3, 0.4) is 0 Å². The Morgan fingerprint density at radius 1 is 0.964 bits per heavy atom. The third-order valence-electron chi connectivity index (χ3n) is 4.71. The summed E-state index contributed by atoms with van der Waals surface area (Å²) in [5.41, 5.74) is 2.67. The van der Waals surface area contributed by atoms with E-state index in [-0.39, 0.29) is 26.5 Å². The molecule has 1 saturated carbocycles. The van der Waals surface area contributed by atoms with Gasteiger partial charge in [-0.15, -0.1) is 0 Å². The lowest BCUT2D eigenvalue weighted by molar-refractivity contribution is 0.102. The normalized spacial score (nSPS) is 15.0. The van der Waals surface area contributed by atoms with Crippen LogP contribution >= 0.6 is 23.2 Å². The molecule has 0 aliphatic heterocycles. The van der Waals surface area contributed by atoms with E-state index in [1.807, 2.05) is 32.0 Å². The summed E-state index contributed by atoms with van der Waals surface area (Å²) < 4.78 is 28.2. The van der Waals surface area contributed by atoms with Gasteiger partial charge in [0.2, 0.25) is 10.0 Å². The highest BCUT2D eigenvalue weighted by Crippen LogP contribution is 2.30. The number of hydrogen-bond acceptors (Lipinski definition) is 3. The number of rotatable bonds is 5. The summed E-state index contributed by atoms with van der Waals surface area (Å²) in [5, 5.41) is 2.84. The minimum atomic E-state index is -3.85. The zero-order valence-corrected chi connectivity index (χ0v) is 18.0. The molecule has 0 aromatic heterocycles. The molecule has 5 nitrogen and oxygen atoms in total. The van der Waals surface area contributed by atoms with Crippen molar-refractivity contribution < 1.29 is 13.2 Å². The molecule has 2 aromatic carbocycles. The second-order valence-corrected chi connectivity index (χ2v) is 9.69. The van der Waals surface area contributed by atoms with E-state index >= 15 is 0 Å². The molecule has 0 saturated heterocycles. The van der Waals surface area contributed by atoms with Gasteiger partial charge in [-0.3, -0.25) is 4.79 Å². The van der Waals surface area contributed by atoms with Crippen LogP contribution in [0.2, 0.25) is 10.0 Å². The fourth-order valence-electron chi connectivity index (χ4n) is 3.48. The predicted molar refractivity (Wildman–Crippen MR) is 113 cm³/mol. The highest BCUT2D eigenvalue weighted by molar-refractivity contribution is 7.89. The summed E-state index contributed by atoms with van der Waals surface area (Å²) in [6.07, 6.45) is 3.57. The Hall–Kier alpha value is -1.60. The first-order chi connectivity index (χ1) is 13.2. The molecule has 150 valence electrons. The van der Waals surface area contributed by atoms with E-state index in [0.717, 1.165) is 36.8 Å². The number of sulfonamides is 1. The molecule has 1 amide bonds. The Bertz CT molecular complexity index is 996. The van der Waals surface area contributed by atoms with Crippen molar-refractivity contribution >= 4 is 44.8 Å². The van der Waals surface area contributed by atoms with Gasteiger partial charge in [0.25, 0.3) is 5.91 Å². The molecule has 8 heteroatoms. The summed E-state index contributed by atoms with van der Waals surface area (Å²) in [5.74, 6) is -0.496. The smallest absolute Gasteiger partial charge is 0.257 e. The Labute approximate surface area is 175 Å². The maximum atomic E-state index is 12.8. The molecule has 1 aliphatic carbocycles. The van der Waals surface area contributed by atoms with Crippen molar-refractivity contribution in [3.8, 4) is 0 Å². The highest BCUT2D eigenvalue weighted by Gasteiger charge is 2.27. The zero-order valence-electron chi connectivity index (χ0n) is 15.7. The number of anilines is 1. The van der Waals surface area contributed by atoms with Crippen molar-refractivity contribution in [2.45, 2.75) is 50.5 Å². The lowest BCUT2D eigenvalue weighted by atomic mass is 10.1. The van der Waals surface area contributed by atoms with Crippen molar-refractivity contribution in [2.24, 2.45) is 0 Å². The standard InChI is InChI=1S/C20H22Cl2N2O3S/c1-12-7-13(2)9-15(8-12)23-20(25)16-10-19(18(22)11-17(16)21)28(26,27)24-14-5-3-4-6-14/h7-11,14,24H,3-6H2,1-2H3,(H,23,25). The van der Waals surface area contributed by atoms with Gasteiger partial charge in [-0.2, -0.15) is 0 Å². The SMILES string of the molecule is Cc1cc(C)cc(NC(=O)c2cc(S(=O)(=O)NC3CCCC3)c(Cl)cc2Cl)c1. The van der Waals surface area contributed by atoms with Crippen LogP contribution in [-0.2, 0) is 10.0 Å². The topological polar surface area (TPSA) is 75.3 Å². The number of carbonyl (C=O) groups excluding carboxylic acids is 1. The lowest BCUT2D eigenvalue weighted by Gasteiger charge is -2.15. The van der Waals surface area contributed by atoms with Gasteiger partial charge in [0.15, 0.2) is 0 Å². The first-order valence-corrected chi connectivity index (χ1v) is 11.3. The van der Waals surface area contributed by atoms with Crippen LogP contribution in [0.25, 0.3) is 0 Å². The number of benzene rings is 2. The molecule has 2 N–H and O–H groups in total. The molecule has 0 heterocycles. The van der Waals surface area contributed by atoms with Gasteiger partial charge in [-0.1, -0.05) is 42.1 Å². The average Bonchev–Trinajstić information content (AvgIpc) is 3.05. The Balaban J connectivity index is 1.91. The number of nitrogens with one attached hydrogen (secondary N) is 2. The molecule has 1 aliphatic rings. The lowest BCUT2D eigenvalue weighted by Crippen LogP contribution is -2.33. The minimum absolute atomic E-state index is 0.0153. The zero-order chi connectivity index (χ0) is 20.5. The van der Waals surface area contributed by atoms with Crippen LogP contribution in [0.15, 0.2) is 35.2 Å². The summed E-state index contributed by atoms with van der Waals surface area (Å²) >= 11 is 12.3. The average molecular weight is 441 g/mol. The van der Waals surface area contributed by atoms with E-state index in [4.69, 9.17) is 23.2 Å². The molecular formula is C20H22Cl2N2O3S. The Kier molecular flexibility index (Phi) is 6.34. The van der Waals surface area contributed by atoms with Crippen LogP contribution in [0.4, 0.5) is 5.69 Å². The first-order valence-electron chi connectivity index (χ1n) is 9.07. The van der Waals surface area contributed by atoms with E-state index < -0.39 is 15.9 Å². The molecule has 2 aromatic rings. The van der Waals surface area contributed by atoms with Crippen LogP contribution < -0.4 is 10.0 Å². The monoisotopic (exact) mass is 440 g/mol. The molecular weight excluding hydrogens is 419 g/mol. The van der Waals surface area contributed by atoms with Gasteiger partial charge in [0, 0.05) is 11.7 Å². The second kappa shape index (κ2) is 8.41. The molecule has 0 atom stereocenters. The number of hydrogen-bond donors (Lipinski definition) is 2. The van der Waals surface area contributed by atoms with Crippen molar-refractivity contribution in [3.05, 3.63) is 57.1 Å². The molecule has 3 rings (SSSR count). The first kappa shape index (κ1) is 21.1. The van der Waals surface area contributed by atoms with Gasteiger partial charge >= 0.3 is 0 Å². The van der Waals surface area contributed by atoms with E-state index in [1.165, 1.54) is 12.1 Å². The maximum Gasteiger partial charge on any atom is 0.257 e. The number of amides is 1. The Morgan fingerprint density at radius 2 is 1.57 bits per heavy atom. The van der Waals surface area contributed by atoms with Crippen LogP contribution in [0, 0.1) is 13.8 Å². The Morgan fingerprint density at radius 3 is 2.18 bits per heavy atom. The van der Waals surface area contributed by atoms with E-state index in [1.54, 1.807) is 0 Å². The maximum absolute atomic E-state index is 12.8. The third kappa shape index (κ3) is 4.87. The fourth-order valence-corrected chi connectivity index (χ4v) is 5.64.